The van der Waals surface area contributed by atoms with Crippen LogP contribution in [0.4, 0.5) is 0 Å². The van der Waals surface area contributed by atoms with Crippen molar-refractivity contribution in [2.45, 2.75) is 17.7 Å². The van der Waals surface area contributed by atoms with E-state index in [-0.39, 0.29) is 5.91 Å². The molecule has 5 heteroatoms. The highest BCUT2D eigenvalue weighted by Crippen LogP contribution is 2.10. The van der Waals surface area contributed by atoms with Crippen molar-refractivity contribution in [2.24, 2.45) is 0 Å². The normalized spacial score (nSPS) is 12.0. The largest absolute Gasteiger partial charge is 0.355 e. The number of benzene rings is 1. The predicted octanol–water partition coefficient (Wildman–Crippen LogP) is 2.60. The zero-order valence-corrected chi connectivity index (χ0v) is 12.7. The van der Waals surface area contributed by atoms with Crippen LogP contribution >= 0.6 is 11.3 Å². The monoisotopic (exact) mass is 307 g/mol. The van der Waals surface area contributed by atoms with Gasteiger partial charge in [0.15, 0.2) is 0 Å². The molecule has 0 aliphatic heterocycles. The van der Waals surface area contributed by atoms with Crippen LogP contribution in [0.5, 0.6) is 0 Å². The van der Waals surface area contributed by atoms with Crippen LogP contribution < -0.4 is 5.32 Å². The Hall–Kier alpha value is -1.46. The van der Waals surface area contributed by atoms with Crippen molar-refractivity contribution in [1.29, 1.82) is 0 Å². The second-order valence-corrected chi connectivity index (χ2v) is 6.89. The lowest BCUT2D eigenvalue weighted by Crippen LogP contribution is -2.27. The summed E-state index contributed by atoms with van der Waals surface area (Å²) in [5.74, 6) is 0.470. The molecule has 1 N–H and O–H groups in total. The maximum Gasteiger partial charge on any atom is 0.220 e. The van der Waals surface area contributed by atoms with Crippen LogP contribution in [0.25, 0.3) is 0 Å². The molecule has 0 aliphatic rings. The summed E-state index contributed by atoms with van der Waals surface area (Å²) in [6.45, 7) is 0.449. The molecule has 20 heavy (non-hydrogen) atoms. The molecule has 0 aliphatic carbocycles. The summed E-state index contributed by atoms with van der Waals surface area (Å²) in [6, 6.07) is 13.3. The number of aryl methyl sites for hydroxylation is 1. The average molecular weight is 307 g/mol. The molecule has 0 saturated carbocycles. The van der Waals surface area contributed by atoms with E-state index in [1.165, 1.54) is 4.88 Å². The fourth-order valence-corrected chi connectivity index (χ4v) is 3.45. The van der Waals surface area contributed by atoms with Gasteiger partial charge in [0.25, 0.3) is 0 Å². The molecule has 0 saturated heterocycles. The molecule has 0 bridgehead atoms. The Balaban J connectivity index is 1.65. The molecule has 0 radical (unpaired) electrons. The van der Waals surface area contributed by atoms with Gasteiger partial charge in [-0.3, -0.25) is 9.00 Å². The lowest BCUT2D eigenvalue weighted by Gasteiger charge is -2.05. The van der Waals surface area contributed by atoms with Crippen LogP contribution in [0.3, 0.4) is 0 Å². The molecule has 1 heterocycles. The van der Waals surface area contributed by atoms with Crippen molar-refractivity contribution in [3.8, 4) is 0 Å². The summed E-state index contributed by atoms with van der Waals surface area (Å²) in [7, 11) is -1.05. The van der Waals surface area contributed by atoms with E-state index >= 15 is 0 Å². The van der Waals surface area contributed by atoms with Crippen LogP contribution in [-0.4, -0.2) is 22.4 Å². The highest BCUT2D eigenvalue weighted by atomic mass is 32.2. The van der Waals surface area contributed by atoms with Crippen LogP contribution in [0.15, 0.2) is 52.7 Å². The molecule has 0 fully saturated rings. The smallest absolute Gasteiger partial charge is 0.220 e. The van der Waals surface area contributed by atoms with Crippen molar-refractivity contribution in [3.05, 3.63) is 52.7 Å². The van der Waals surface area contributed by atoms with E-state index in [4.69, 9.17) is 0 Å². The van der Waals surface area contributed by atoms with Crippen molar-refractivity contribution >= 4 is 28.0 Å². The van der Waals surface area contributed by atoms with Gasteiger partial charge in [-0.1, -0.05) is 24.3 Å². The maximum absolute atomic E-state index is 11.9. The van der Waals surface area contributed by atoms with Crippen LogP contribution in [0.1, 0.15) is 11.3 Å². The van der Waals surface area contributed by atoms with E-state index in [1.54, 1.807) is 11.3 Å². The Kier molecular flexibility index (Phi) is 5.95. The van der Waals surface area contributed by atoms with Gasteiger partial charge in [-0.2, -0.15) is 0 Å². The number of thiophene rings is 1. The van der Waals surface area contributed by atoms with Gasteiger partial charge in [-0.15, -0.1) is 11.3 Å². The number of hydrogen-bond acceptors (Lipinski definition) is 3. The molecule has 2 rings (SSSR count). The highest BCUT2D eigenvalue weighted by Gasteiger charge is 2.05. The number of carbonyl (C=O) groups excluding carboxylic acids is 1. The molecule has 1 amide bonds. The standard InChI is InChI=1S/C15H17NO2S2/c17-15(9-8-13-5-4-11-19-13)16-10-12-20(18)14-6-2-1-3-7-14/h1-7,11H,8-10,12H2,(H,16,17). The van der Waals surface area contributed by atoms with Crippen molar-refractivity contribution in [3.63, 3.8) is 0 Å². The minimum atomic E-state index is -1.05. The second kappa shape index (κ2) is 7.97. The van der Waals surface area contributed by atoms with E-state index in [9.17, 15) is 9.00 Å². The van der Waals surface area contributed by atoms with Crippen LogP contribution in [-0.2, 0) is 22.0 Å². The van der Waals surface area contributed by atoms with E-state index in [0.717, 1.165) is 11.3 Å². The van der Waals surface area contributed by atoms with Crippen LogP contribution in [0, 0.1) is 0 Å². The zero-order chi connectivity index (χ0) is 14.2. The summed E-state index contributed by atoms with van der Waals surface area (Å²) < 4.78 is 11.9. The Morgan fingerprint density at radius 3 is 2.65 bits per heavy atom. The SMILES string of the molecule is O=C(CCc1cccs1)NCCS(=O)c1ccccc1. The Bertz CT molecular complexity index is 553. The van der Waals surface area contributed by atoms with Gasteiger partial charge in [-0.05, 0) is 30.0 Å². The summed E-state index contributed by atoms with van der Waals surface area (Å²) in [6.07, 6.45) is 1.25. The fourth-order valence-electron chi connectivity index (χ4n) is 1.75. The van der Waals surface area contributed by atoms with Crippen molar-refractivity contribution in [2.75, 3.05) is 12.3 Å². The van der Waals surface area contributed by atoms with E-state index in [2.05, 4.69) is 5.32 Å². The molecule has 2 aromatic rings. The molecular formula is C15H17NO2S2. The Morgan fingerprint density at radius 2 is 1.95 bits per heavy atom. The molecule has 1 atom stereocenters. The summed E-state index contributed by atoms with van der Waals surface area (Å²) >= 11 is 1.66. The minimum Gasteiger partial charge on any atom is -0.355 e. The summed E-state index contributed by atoms with van der Waals surface area (Å²) in [5, 5.41) is 4.83. The lowest BCUT2D eigenvalue weighted by atomic mass is 10.2. The average Bonchev–Trinajstić information content (AvgIpc) is 2.99. The predicted molar refractivity (Wildman–Crippen MR) is 83.4 cm³/mol. The molecule has 0 spiro atoms. The number of hydrogen-bond donors (Lipinski definition) is 1. The van der Waals surface area contributed by atoms with Crippen LogP contribution in [0.2, 0.25) is 0 Å². The first-order valence-corrected chi connectivity index (χ1v) is 8.68. The van der Waals surface area contributed by atoms with Gasteiger partial charge in [0, 0.05) is 28.5 Å². The summed E-state index contributed by atoms with van der Waals surface area (Å²) in [5.41, 5.74) is 0. The zero-order valence-electron chi connectivity index (χ0n) is 11.1. The molecule has 1 aromatic heterocycles. The lowest BCUT2D eigenvalue weighted by molar-refractivity contribution is -0.120. The maximum atomic E-state index is 11.9. The van der Waals surface area contributed by atoms with Crippen molar-refractivity contribution < 1.29 is 9.00 Å². The third-order valence-corrected chi connectivity index (χ3v) is 5.10. The molecule has 3 nitrogen and oxygen atoms in total. The Labute approximate surface area is 125 Å². The van der Waals surface area contributed by atoms with Gasteiger partial charge >= 0.3 is 0 Å². The van der Waals surface area contributed by atoms with E-state index < -0.39 is 10.8 Å². The third-order valence-electron chi connectivity index (χ3n) is 2.79. The van der Waals surface area contributed by atoms with Gasteiger partial charge in [0.1, 0.15) is 0 Å². The third kappa shape index (κ3) is 4.90. The summed E-state index contributed by atoms with van der Waals surface area (Å²) in [4.78, 5) is 13.7. The second-order valence-electron chi connectivity index (χ2n) is 4.29. The van der Waals surface area contributed by atoms with E-state index in [0.29, 0.717) is 18.7 Å². The molecule has 106 valence electrons. The van der Waals surface area contributed by atoms with Gasteiger partial charge in [0.05, 0.1) is 10.8 Å². The van der Waals surface area contributed by atoms with Gasteiger partial charge < -0.3 is 5.32 Å². The van der Waals surface area contributed by atoms with Crippen molar-refractivity contribution in [1.82, 2.24) is 5.32 Å². The number of rotatable bonds is 7. The number of nitrogens with one attached hydrogen (secondary N) is 1. The first-order chi connectivity index (χ1) is 9.75. The van der Waals surface area contributed by atoms with Gasteiger partial charge in [-0.25, -0.2) is 0 Å². The number of amides is 1. The molecular weight excluding hydrogens is 290 g/mol. The topological polar surface area (TPSA) is 46.2 Å². The quantitative estimate of drug-likeness (QED) is 0.854. The number of carbonyl (C=O) groups is 1. The minimum absolute atomic E-state index is 0.0171. The highest BCUT2D eigenvalue weighted by molar-refractivity contribution is 7.85. The van der Waals surface area contributed by atoms with E-state index in [1.807, 2.05) is 47.8 Å². The first kappa shape index (κ1) is 14.9. The first-order valence-electron chi connectivity index (χ1n) is 6.48. The van der Waals surface area contributed by atoms with Gasteiger partial charge in [0.2, 0.25) is 5.91 Å². The molecule has 1 unspecified atom stereocenters. The fraction of sp³-hybridized carbons (Fsp3) is 0.267. The molecule has 1 aromatic carbocycles. The Morgan fingerprint density at radius 1 is 1.15 bits per heavy atom.